The summed E-state index contributed by atoms with van der Waals surface area (Å²) < 4.78 is 16.6. The lowest BCUT2D eigenvalue weighted by Gasteiger charge is -2.23. The molecule has 1 unspecified atom stereocenters. The van der Waals surface area contributed by atoms with Crippen molar-refractivity contribution in [2.45, 2.75) is 64.4 Å². The third-order valence-corrected chi connectivity index (χ3v) is 8.42. The van der Waals surface area contributed by atoms with Crippen molar-refractivity contribution in [3.63, 3.8) is 0 Å². The van der Waals surface area contributed by atoms with Crippen LogP contribution in [0.1, 0.15) is 49.4 Å². The van der Waals surface area contributed by atoms with Gasteiger partial charge in [-0.3, -0.25) is 9.67 Å². The maximum atomic E-state index is 12.7. The van der Waals surface area contributed by atoms with Gasteiger partial charge < -0.3 is 0 Å². The van der Waals surface area contributed by atoms with Crippen molar-refractivity contribution in [3.05, 3.63) is 53.5 Å². The Morgan fingerprint density at radius 3 is 2.68 bits per heavy atom. The van der Waals surface area contributed by atoms with Crippen LogP contribution in [0.3, 0.4) is 0 Å². The van der Waals surface area contributed by atoms with Gasteiger partial charge in [-0.2, -0.15) is 5.10 Å². The van der Waals surface area contributed by atoms with E-state index >= 15 is 0 Å². The number of hydrogen-bond acceptors (Lipinski definition) is 3. The summed E-state index contributed by atoms with van der Waals surface area (Å²) in [4.78, 5) is 5.86. The molecule has 6 heteroatoms. The number of nitrogens with zero attached hydrogens (tertiary/aromatic N) is 4. The minimum Gasteiger partial charge on any atom is -0.272 e. The fourth-order valence-corrected chi connectivity index (χ4v) is 6.15. The average Bonchev–Trinajstić information content (AvgIpc) is 3.44. The summed E-state index contributed by atoms with van der Waals surface area (Å²) in [6, 6.07) is 8.48. The van der Waals surface area contributed by atoms with Crippen LogP contribution < -0.4 is 0 Å². The molecule has 0 saturated heterocycles. The molecule has 3 aromatic rings. The Labute approximate surface area is 187 Å². The van der Waals surface area contributed by atoms with Crippen LogP contribution in [0.25, 0.3) is 22.4 Å². The van der Waals surface area contributed by atoms with Gasteiger partial charge in [-0.25, -0.2) is 8.51 Å². The van der Waals surface area contributed by atoms with Gasteiger partial charge in [-0.15, -0.1) is 0 Å². The summed E-state index contributed by atoms with van der Waals surface area (Å²) in [5.74, 6) is 0. The zero-order valence-corrected chi connectivity index (χ0v) is 19.6. The zero-order chi connectivity index (χ0) is 21.8. The normalized spacial score (nSPS) is 20.3. The summed E-state index contributed by atoms with van der Waals surface area (Å²) >= 11 is 0. The fourth-order valence-electron chi connectivity index (χ4n) is 4.97. The highest BCUT2D eigenvalue weighted by Gasteiger charge is 2.29. The number of fused-ring (bicyclic) bond motifs is 1. The number of aryl methyl sites for hydroxylation is 2. The number of rotatable bonds is 4. The van der Waals surface area contributed by atoms with E-state index in [-0.39, 0.29) is 0 Å². The van der Waals surface area contributed by atoms with Gasteiger partial charge in [-0.05, 0) is 55.4 Å². The molecule has 0 amide bonds. The monoisotopic (exact) mass is 434 g/mol. The minimum atomic E-state index is -1.10. The Morgan fingerprint density at radius 1 is 1.13 bits per heavy atom. The molecule has 31 heavy (non-hydrogen) atoms. The average molecular weight is 435 g/mol. The molecule has 1 aromatic carbocycles. The smallest absolute Gasteiger partial charge is 0.128 e. The maximum Gasteiger partial charge on any atom is 0.128 e. The molecule has 2 aliphatic rings. The molecule has 1 aliphatic heterocycles. The van der Waals surface area contributed by atoms with Gasteiger partial charge in [-0.1, -0.05) is 31.9 Å². The predicted octanol–water partition coefficient (Wildman–Crippen LogP) is 5.28. The highest BCUT2D eigenvalue weighted by atomic mass is 32.2. The van der Waals surface area contributed by atoms with Gasteiger partial charge in [0.15, 0.2) is 0 Å². The lowest BCUT2D eigenvalue weighted by atomic mass is 9.89. The molecule has 162 valence electrons. The van der Waals surface area contributed by atoms with Gasteiger partial charge in [0.2, 0.25) is 0 Å². The maximum absolute atomic E-state index is 12.7. The molecule has 5 nitrogen and oxygen atoms in total. The van der Waals surface area contributed by atoms with Crippen molar-refractivity contribution < 1.29 is 4.21 Å². The van der Waals surface area contributed by atoms with Gasteiger partial charge in [0.25, 0.3) is 0 Å². The van der Waals surface area contributed by atoms with Crippen molar-refractivity contribution in [2.24, 2.45) is 5.41 Å². The molecule has 1 atom stereocenters. The minimum absolute atomic E-state index is 0.351. The van der Waals surface area contributed by atoms with Crippen molar-refractivity contribution >= 4 is 11.0 Å². The molecule has 1 aliphatic carbocycles. The first-order valence-corrected chi connectivity index (χ1v) is 12.2. The van der Waals surface area contributed by atoms with Crippen LogP contribution in [0.2, 0.25) is 0 Å². The van der Waals surface area contributed by atoms with Gasteiger partial charge in [0.1, 0.15) is 11.0 Å². The summed E-state index contributed by atoms with van der Waals surface area (Å²) in [7, 11) is 0.796. The Balaban J connectivity index is 1.55. The van der Waals surface area contributed by atoms with Crippen molar-refractivity contribution in [2.75, 3.05) is 7.05 Å². The molecule has 2 aromatic heterocycles. The third-order valence-electron chi connectivity index (χ3n) is 6.97. The number of aromatic nitrogens is 3. The largest absolute Gasteiger partial charge is 0.272 e. The molecular weight excluding hydrogens is 404 g/mol. The van der Waals surface area contributed by atoms with Crippen molar-refractivity contribution in [1.82, 2.24) is 19.1 Å². The van der Waals surface area contributed by atoms with Crippen molar-refractivity contribution in [1.29, 1.82) is 0 Å². The first-order valence-electron chi connectivity index (χ1n) is 11.1. The van der Waals surface area contributed by atoms with Crippen LogP contribution >= 0.6 is 0 Å². The van der Waals surface area contributed by atoms with E-state index in [1.807, 2.05) is 24.5 Å². The number of pyridine rings is 1. The Bertz CT molecular complexity index is 1180. The van der Waals surface area contributed by atoms with E-state index in [0.29, 0.717) is 5.41 Å². The van der Waals surface area contributed by atoms with E-state index in [1.165, 1.54) is 31.2 Å². The number of hydrogen-bond donors (Lipinski definition) is 0. The fraction of sp³-hybridized carbons (Fsp3) is 0.440. The molecule has 3 heterocycles. The van der Waals surface area contributed by atoms with E-state index < -0.39 is 11.0 Å². The third kappa shape index (κ3) is 3.76. The molecular formula is C25H30N4OS. The van der Waals surface area contributed by atoms with E-state index in [4.69, 9.17) is 10.1 Å². The standard InChI is InChI=1S/C25H30N4OS/c1-17-11-22(21-13-26-29(15-21)16-25(3)9-5-6-10-25)24(27-18(17)2)19-7-8-20-14-28(4)31(30)23(20)12-19/h7-8,11-13,15H,5-6,9-10,14,16H2,1-4H3. The second-order valence-electron chi connectivity index (χ2n) is 9.59. The van der Waals surface area contributed by atoms with Crippen LogP contribution in [0.15, 0.2) is 41.6 Å². The van der Waals surface area contributed by atoms with E-state index in [2.05, 4.69) is 49.0 Å². The number of benzene rings is 1. The molecule has 0 N–H and O–H groups in total. The highest BCUT2D eigenvalue weighted by molar-refractivity contribution is 7.83. The second-order valence-corrected chi connectivity index (χ2v) is 11.2. The quantitative estimate of drug-likeness (QED) is 0.561. The SMILES string of the molecule is Cc1cc(-c2cnn(CC3(C)CCCC3)c2)c(-c2ccc3c(c2)S(=O)N(C)C3)nc1C. The topological polar surface area (TPSA) is 51.0 Å². The Morgan fingerprint density at radius 2 is 1.90 bits per heavy atom. The van der Waals surface area contributed by atoms with Crippen LogP contribution in [-0.2, 0) is 24.1 Å². The van der Waals surface area contributed by atoms with E-state index in [1.54, 1.807) is 0 Å². The van der Waals surface area contributed by atoms with E-state index in [9.17, 15) is 4.21 Å². The zero-order valence-electron chi connectivity index (χ0n) is 18.8. The van der Waals surface area contributed by atoms with Crippen LogP contribution in [-0.4, -0.2) is 30.3 Å². The highest BCUT2D eigenvalue weighted by Crippen LogP contribution is 2.40. The van der Waals surface area contributed by atoms with Gasteiger partial charge >= 0.3 is 0 Å². The van der Waals surface area contributed by atoms with Crippen LogP contribution in [0, 0.1) is 19.3 Å². The summed E-state index contributed by atoms with van der Waals surface area (Å²) in [5.41, 5.74) is 7.78. The summed E-state index contributed by atoms with van der Waals surface area (Å²) in [5, 5.41) is 4.70. The molecule has 5 rings (SSSR count). The first-order chi connectivity index (χ1) is 14.8. The summed E-state index contributed by atoms with van der Waals surface area (Å²) in [6.45, 7) is 8.22. The molecule has 0 bridgehead atoms. The van der Waals surface area contributed by atoms with E-state index in [0.717, 1.165) is 51.6 Å². The summed E-state index contributed by atoms with van der Waals surface area (Å²) in [6.07, 6.45) is 9.33. The molecule has 1 fully saturated rings. The Hall–Kier alpha value is -2.31. The van der Waals surface area contributed by atoms with Crippen LogP contribution in [0.5, 0.6) is 0 Å². The van der Waals surface area contributed by atoms with Crippen molar-refractivity contribution in [3.8, 4) is 22.4 Å². The molecule has 0 radical (unpaired) electrons. The second kappa shape index (κ2) is 7.68. The molecule has 0 spiro atoms. The lowest BCUT2D eigenvalue weighted by molar-refractivity contribution is 0.268. The first kappa shape index (κ1) is 20.6. The molecule has 1 saturated carbocycles. The van der Waals surface area contributed by atoms with Gasteiger partial charge in [0, 0.05) is 48.7 Å². The van der Waals surface area contributed by atoms with Gasteiger partial charge in [0.05, 0.1) is 16.8 Å². The Kier molecular flexibility index (Phi) is 5.10. The lowest BCUT2D eigenvalue weighted by Crippen LogP contribution is -2.19. The van der Waals surface area contributed by atoms with Crippen LogP contribution in [0.4, 0.5) is 0 Å². The predicted molar refractivity (Wildman–Crippen MR) is 125 cm³/mol.